The highest BCUT2D eigenvalue weighted by Crippen LogP contribution is 2.27. The van der Waals surface area contributed by atoms with Gasteiger partial charge in [0, 0.05) is 32.7 Å². The largest absolute Gasteiger partial charge is 0.483 e. The molecule has 1 aromatic rings. The van der Waals surface area contributed by atoms with Gasteiger partial charge < -0.3 is 20.1 Å². The zero-order valence-electron chi connectivity index (χ0n) is 14.2. The number of rotatable bonds is 7. The van der Waals surface area contributed by atoms with Crippen molar-refractivity contribution in [2.75, 3.05) is 27.2 Å². The average Bonchev–Trinajstić information content (AvgIpc) is 2.54. The van der Waals surface area contributed by atoms with Crippen LogP contribution in [-0.4, -0.2) is 48.8 Å². The van der Waals surface area contributed by atoms with E-state index >= 15 is 0 Å². The van der Waals surface area contributed by atoms with Gasteiger partial charge in [-0.2, -0.15) is 0 Å². The van der Waals surface area contributed by atoms with Gasteiger partial charge in [0.1, 0.15) is 5.75 Å². The summed E-state index contributed by atoms with van der Waals surface area (Å²) in [5.41, 5.74) is 0.424. The smallest absolute Gasteiger partial charge is 0.259 e. The third-order valence-electron chi connectivity index (χ3n) is 4.38. The van der Waals surface area contributed by atoms with E-state index in [1.165, 1.54) is 11.3 Å². The Morgan fingerprint density at radius 2 is 1.96 bits per heavy atom. The Labute approximate surface area is 138 Å². The van der Waals surface area contributed by atoms with E-state index in [0.717, 1.165) is 31.2 Å². The number of para-hydroxylation sites is 1. The minimum absolute atomic E-state index is 0.0357. The van der Waals surface area contributed by atoms with E-state index in [1.54, 1.807) is 14.1 Å². The normalized spacial score (nSPS) is 16.8. The van der Waals surface area contributed by atoms with Crippen LogP contribution in [0.2, 0.25) is 0 Å². The zero-order valence-corrected chi connectivity index (χ0v) is 14.2. The molecule has 1 aromatic carbocycles. The van der Waals surface area contributed by atoms with Gasteiger partial charge in [0.15, 0.2) is 6.61 Å². The third-order valence-corrected chi connectivity index (χ3v) is 4.38. The van der Waals surface area contributed by atoms with Crippen molar-refractivity contribution in [1.29, 1.82) is 0 Å². The molecular formula is C18H28N2O3. The Kier molecular flexibility index (Phi) is 6.42. The average molecular weight is 320 g/mol. The van der Waals surface area contributed by atoms with Gasteiger partial charge in [0.2, 0.25) is 0 Å². The van der Waals surface area contributed by atoms with Crippen LogP contribution in [-0.2, 0) is 11.3 Å². The summed E-state index contributed by atoms with van der Waals surface area (Å²) in [5, 5.41) is 13.8. The summed E-state index contributed by atoms with van der Waals surface area (Å²) >= 11 is 0. The number of likely N-dealkylation sites (N-methyl/N-ethyl adjacent to an activating group) is 1. The van der Waals surface area contributed by atoms with E-state index in [2.05, 4.69) is 5.32 Å². The first-order chi connectivity index (χ1) is 11.0. The molecule has 0 aromatic heterocycles. The highest BCUT2D eigenvalue weighted by Gasteiger charge is 2.28. The Bertz CT molecular complexity index is 511. The van der Waals surface area contributed by atoms with E-state index < -0.39 is 5.60 Å². The van der Waals surface area contributed by atoms with Gasteiger partial charge in [-0.1, -0.05) is 37.5 Å². The molecule has 1 aliphatic rings. The van der Waals surface area contributed by atoms with Crippen LogP contribution in [0.25, 0.3) is 0 Å². The molecule has 2 rings (SSSR count). The highest BCUT2D eigenvalue weighted by atomic mass is 16.5. The Morgan fingerprint density at radius 3 is 2.65 bits per heavy atom. The first-order valence-corrected chi connectivity index (χ1v) is 8.34. The van der Waals surface area contributed by atoms with Crippen LogP contribution < -0.4 is 10.1 Å². The molecule has 1 aliphatic carbocycles. The summed E-state index contributed by atoms with van der Waals surface area (Å²) < 4.78 is 5.63. The van der Waals surface area contributed by atoms with Crippen molar-refractivity contribution in [1.82, 2.24) is 10.2 Å². The van der Waals surface area contributed by atoms with E-state index in [9.17, 15) is 9.90 Å². The number of amides is 1. The molecule has 5 heteroatoms. The summed E-state index contributed by atoms with van der Waals surface area (Å²) in [5.74, 6) is 0.648. The lowest BCUT2D eigenvalue weighted by atomic mass is 9.85. The second-order valence-electron chi connectivity index (χ2n) is 6.57. The van der Waals surface area contributed by atoms with Crippen molar-refractivity contribution in [3.05, 3.63) is 29.8 Å². The van der Waals surface area contributed by atoms with E-state index in [4.69, 9.17) is 4.74 Å². The van der Waals surface area contributed by atoms with Gasteiger partial charge in [-0.25, -0.2) is 0 Å². The van der Waals surface area contributed by atoms with Crippen LogP contribution in [0.1, 0.15) is 37.7 Å². The van der Waals surface area contributed by atoms with Gasteiger partial charge in [-0.3, -0.25) is 4.79 Å². The molecule has 0 aliphatic heterocycles. The minimum Gasteiger partial charge on any atom is -0.483 e. The lowest BCUT2D eigenvalue weighted by molar-refractivity contribution is -0.130. The number of nitrogens with one attached hydrogen (secondary N) is 1. The molecule has 1 fully saturated rings. The SMILES string of the molecule is CN(C)C(=O)COc1ccccc1CNCC1(O)CCCCC1. The van der Waals surface area contributed by atoms with Gasteiger partial charge in [0.25, 0.3) is 5.91 Å². The first-order valence-electron chi connectivity index (χ1n) is 8.34. The number of carbonyl (C=O) groups is 1. The van der Waals surface area contributed by atoms with Crippen LogP contribution in [0.3, 0.4) is 0 Å². The second kappa shape index (κ2) is 8.31. The Morgan fingerprint density at radius 1 is 1.26 bits per heavy atom. The number of hydrogen-bond donors (Lipinski definition) is 2. The van der Waals surface area contributed by atoms with Crippen molar-refractivity contribution in [3.8, 4) is 5.75 Å². The summed E-state index contributed by atoms with van der Waals surface area (Å²) in [6, 6.07) is 7.70. The monoisotopic (exact) mass is 320 g/mol. The summed E-state index contributed by atoms with van der Waals surface area (Å²) in [7, 11) is 3.42. The fourth-order valence-electron chi connectivity index (χ4n) is 2.88. The molecule has 23 heavy (non-hydrogen) atoms. The van der Waals surface area contributed by atoms with Crippen LogP contribution in [0.5, 0.6) is 5.75 Å². The molecule has 1 amide bonds. The topological polar surface area (TPSA) is 61.8 Å². The maximum Gasteiger partial charge on any atom is 0.259 e. The number of aliphatic hydroxyl groups is 1. The Hall–Kier alpha value is -1.59. The van der Waals surface area contributed by atoms with Crippen molar-refractivity contribution in [2.24, 2.45) is 0 Å². The summed E-state index contributed by atoms with van der Waals surface area (Å²) in [6.45, 7) is 1.25. The number of benzene rings is 1. The standard InChI is InChI=1S/C18H28N2O3/c1-20(2)17(21)13-23-16-9-5-4-8-15(16)12-19-14-18(22)10-6-3-7-11-18/h4-5,8-9,19,22H,3,6-7,10-14H2,1-2H3. The van der Waals surface area contributed by atoms with Crippen molar-refractivity contribution in [3.63, 3.8) is 0 Å². The van der Waals surface area contributed by atoms with Crippen LogP contribution in [0.15, 0.2) is 24.3 Å². The summed E-state index contributed by atoms with van der Waals surface area (Å²) in [4.78, 5) is 13.2. The van der Waals surface area contributed by atoms with Crippen molar-refractivity contribution in [2.45, 2.75) is 44.2 Å². The molecule has 0 bridgehead atoms. The van der Waals surface area contributed by atoms with Gasteiger partial charge in [0.05, 0.1) is 5.60 Å². The quantitative estimate of drug-likeness (QED) is 0.806. The molecule has 0 unspecified atom stereocenters. The van der Waals surface area contributed by atoms with Crippen LogP contribution >= 0.6 is 0 Å². The molecule has 0 spiro atoms. The molecular weight excluding hydrogens is 292 g/mol. The molecule has 0 radical (unpaired) electrons. The fourth-order valence-corrected chi connectivity index (χ4v) is 2.88. The predicted molar refractivity (Wildman–Crippen MR) is 90.4 cm³/mol. The van der Waals surface area contributed by atoms with Crippen LogP contribution in [0, 0.1) is 0 Å². The summed E-state index contributed by atoms with van der Waals surface area (Å²) in [6.07, 6.45) is 5.17. The van der Waals surface area contributed by atoms with Crippen molar-refractivity contribution >= 4 is 5.91 Å². The first kappa shape index (κ1) is 17.8. The van der Waals surface area contributed by atoms with Gasteiger partial charge in [-0.15, -0.1) is 0 Å². The number of ether oxygens (including phenoxy) is 1. The molecule has 5 nitrogen and oxygen atoms in total. The molecule has 0 heterocycles. The molecule has 0 atom stereocenters. The van der Waals surface area contributed by atoms with Crippen LogP contribution in [0.4, 0.5) is 0 Å². The lowest BCUT2D eigenvalue weighted by Crippen LogP contribution is -2.41. The lowest BCUT2D eigenvalue weighted by Gasteiger charge is -2.32. The van der Waals surface area contributed by atoms with Gasteiger partial charge in [-0.05, 0) is 18.9 Å². The molecule has 1 saturated carbocycles. The Balaban J connectivity index is 1.86. The number of carbonyl (C=O) groups excluding carboxylic acids is 1. The molecule has 2 N–H and O–H groups in total. The molecule has 128 valence electrons. The number of hydrogen-bond acceptors (Lipinski definition) is 4. The van der Waals surface area contributed by atoms with Crippen molar-refractivity contribution < 1.29 is 14.6 Å². The maximum atomic E-state index is 11.6. The second-order valence-corrected chi connectivity index (χ2v) is 6.57. The minimum atomic E-state index is -0.574. The molecule has 0 saturated heterocycles. The number of nitrogens with zero attached hydrogens (tertiary/aromatic N) is 1. The zero-order chi connectivity index (χ0) is 16.7. The van der Waals surface area contributed by atoms with Gasteiger partial charge >= 0.3 is 0 Å². The van der Waals surface area contributed by atoms with E-state index in [0.29, 0.717) is 18.8 Å². The highest BCUT2D eigenvalue weighted by molar-refractivity contribution is 5.77. The fraction of sp³-hybridized carbons (Fsp3) is 0.611. The predicted octanol–water partition coefficient (Wildman–Crippen LogP) is 1.94. The van der Waals surface area contributed by atoms with E-state index in [1.807, 2.05) is 24.3 Å². The van der Waals surface area contributed by atoms with E-state index in [-0.39, 0.29) is 12.5 Å². The maximum absolute atomic E-state index is 11.6. The third kappa shape index (κ3) is 5.52.